The standard InChI is InChI=1S/C8H20N2O2S/c1-7(2)6-13(11,12)10-5-8(3)4-9/h7-8,10H,4-6,9H2,1-3H3. The van der Waals surface area contributed by atoms with Gasteiger partial charge in [0.05, 0.1) is 5.75 Å². The van der Waals surface area contributed by atoms with E-state index in [1.165, 1.54) is 0 Å². The van der Waals surface area contributed by atoms with Gasteiger partial charge >= 0.3 is 0 Å². The normalized spacial score (nSPS) is 14.8. The molecule has 0 rings (SSSR count). The second-order valence-electron chi connectivity index (χ2n) is 3.86. The Labute approximate surface area is 80.9 Å². The van der Waals surface area contributed by atoms with Crippen LogP contribution in [0, 0.1) is 11.8 Å². The van der Waals surface area contributed by atoms with Gasteiger partial charge in [-0.25, -0.2) is 13.1 Å². The van der Waals surface area contributed by atoms with E-state index in [1.54, 1.807) is 0 Å². The summed E-state index contributed by atoms with van der Waals surface area (Å²) in [5, 5.41) is 0. The molecule has 1 atom stereocenters. The van der Waals surface area contributed by atoms with Gasteiger partial charge in [0.2, 0.25) is 10.0 Å². The van der Waals surface area contributed by atoms with E-state index in [2.05, 4.69) is 4.72 Å². The summed E-state index contributed by atoms with van der Waals surface area (Å²) in [6.45, 7) is 6.62. The Morgan fingerprint density at radius 2 is 1.85 bits per heavy atom. The highest BCUT2D eigenvalue weighted by atomic mass is 32.2. The SMILES string of the molecule is CC(C)CS(=O)(=O)NCC(C)CN. The van der Waals surface area contributed by atoms with Crippen LogP contribution in [0.15, 0.2) is 0 Å². The van der Waals surface area contributed by atoms with E-state index in [0.29, 0.717) is 13.1 Å². The van der Waals surface area contributed by atoms with Crippen LogP contribution in [-0.4, -0.2) is 27.3 Å². The molecule has 0 saturated carbocycles. The second-order valence-corrected chi connectivity index (χ2v) is 5.72. The fourth-order valence-electron chi connectivity index (χ4n) is 0.850. The third-order valence-corrected chi connectivity index (χ3v) is 3.32. The van der Waals surface area contributed by atoms with Crippen molar-refractivity contribution in [2.45, 2.75) is 20.8 Å². The Morgan fingerprint density at radius 3 is 2.23 bits per heavy atom. The molecule has 0 fully saturated rings. The van der Waals surface area contributed by atoms with Crippen LogP contribution < -0.4 is 10.5 Å². The van der Waals surface area contributed by atoms with Crippen molar-refractivity contribution in [2.75, 3.05) is 18.8 Å². The summed E-state index contributed by atoms with van der Waals surface area (Å²) >= 11 is 0. The monoisotopic (exact) mass is 208 g/mol. The summed E-state index contributed by atoms with van der Waals surface area (Å²) < 4.78 is 25.2. The van der Waals surface area contributed by atoms with Crippen LogP contribution in [0.3, 0.4) is 0 Å². The van der Waals surface area contributed by atoms with Gasteiger partial charge < -0.3 is 5.73 Å². The molecule has 0 aromatic carbocycles. The highest BCUT2D eigenvalue weighted by molar-refractivity contribution is 7.89. The van der Waals surface area contributed by atoms with Gasteiger partial charge in [-0.1, -0.05) is 20.8 Å². The molecule has 1 unspecified atom stereocenters. The molecule has 0 aliphatic heterocycles. The zero-order valence-electron chi connectivity index (χ0n) is 8.58. The quantitative estimate of drug-likeness (QED) is 0.653. The molecule has 0 saturated heterocycles. The molecule has 80 valence electrons. The van der Waals surface area contributed by atoms with E-state index >= 15 is 0 Å². The smallest absolute Gasteiger partial charge is 0.211 e. The summed E-state index contributed by atoms with van der Waals surface area (Å²) in [7, 11) is -3.09. The average molecular weight is 208 g/mol. The van der Waals surface area contributed by atoms with Crippen LogP contribution in [0.5, 0.6) is 0 Å². The highest BCUT2D eigenvalue weighted by Crippen LogP contribution is 1.98. The summed E-state index contributed by atoms with van der Waals surface area (Å²) in [5.41, 5.74) is 5.37. The molecular weight excluding hydrogens is 188 g/mol. The van der Waals surface area contributed by atoms with Crippen LogP contribution in [0.25, 0.3) is 0 Å². The van der Waals surface area contributed by atoms with Crippen molar-refractivity contribution < 1.29 is 8.42 Å². The maximum atomic E-state index is 11.3. The number of hydrogen-bond acceptors (Lipinski definition) is 3. The molecule has 0 bridgehead atoms. The third-order valence-electron chi connectivity index (χ3n) is 1.61. The Kier molecular flexibility index (Phi) is 5.51. The molecule has 0 aromatic rings. The molecule has 5 heteroatoms. The fourth-order valence-corrected chi connectivity index (χ4v) is 2.38. The number of nitrogens with two attached hydrogens (primary N) is 1. The van der Waals surface area contributed by atoms with Crippen molar-refractivity contribution in [3.8, 4) is 0 Å². The minimum Gasteiger partial charge on any atom is -0.330 e. The van der Waals surface area contributed by atoms with Crippen molar-refractivity contribution in [1.29, 1.82) is 0 Å². The van der Waals surface area contributed by atoms with Crippen LogP contribution in [0.2, 0.25) is 0 Å². The van der Waals surface area contributed by atoms with Crippen LogP contribution in [0.1, 0.15) is 20.8 Å². The minimum absolute atomic E-state index is 0.158. The second kappa shape index (κ2) is 5.57. The largest absolute Gasteiger partial charge is 0.330 e. The molecule has 0 aliphatic rings. The lowest BCUT2D eigenvalue weighted by Gasteiger charge is -2.11. The first kappa shape index (κ1) is 12.9. The van der Waals surface area contributed by atoms with Crippen molar-refractivity contribution >= 4 is 10.0 Å². The van der Waals surface area contributed by atoms with E-state index in [0.717, 1.165) is 0 Å². The van der Waals surface area contributed by atoms with Crippen LogP contribution in [0.4, 0.5) is 0 Å². The Morgan fingerprint density at radius 1 is 1.31 bits per heavy atom. The van der Waals surface area contributed by atoms with E-state index in [1.807, 2.05) is 20.8 Å². The molecule has 13 heavy (non-hydrogen) atoms. The molecule has 0 heterocycles. The van der Waals surface area contributed by atoms with Gasteiger partial charge in [0.15, 0.2) is 0 Å². The van der Waals surface area contributed by atoms with Gasteiger partial charge in [0, 0.05) is 6.54 Å². The van der Waals surface area contributed by atoms with E-state index in [4.69, 9.17) is 5.73 Å². The lowest BCUT2D eigenvalue weighted by molar-refractivity contribution is 0.537. The molecule has 0 amide bonds. The lowest BCUT2D eigenvalue weighted by Crippen LogP contribution is -2.34. The molecule has 0 radical (unpaired) electrons. The first-order valence-corrected chi connectivity index (χ1v) is 6.20. The topological polar surface area (TPSA) is 72.2 Å². The number of nitrogens with one attached hydrogen (secondary N) is 1. The minimum atomic E-state index is -3.09. The predicted octanol–water partition coefficient (Wildman–Crippen LogP) is 0.157. The van der Waals surface area contributed by atoms with Crippen LogP contribution >= 0.6 is 0 Å². The van der Waals surface area contributed by atoms with Crippen molar-refractivity contribution in [3.63, 3.8) is 0 Å². The zero-order chi connectivity index (χ0) is 10.5. The summed E-state index contributed by atoms with van der Waals surface area (Å²) in [5.74, 6) is 0.539. The first-order chi connectivity index (χ1) is 5.87. The lowest BCUT2D eigenvalue weighted by atomic mass is 10.2. The molecule has 4 nitrogen and oxygen atoms in total. The van der Waals surface area contributed by atoms with E-state index in [-0.39, 0.29) is 17.6 Å². The molecule has 0 spiro atoms. The zero-order valence-corrected chi connectivity index (χ0v) is 9.39. The third kappa shape index (κ3) is 6.98. The van der Waals surface area contributed by atoms with Gasteiger partial charge in [-0.3, -0.25) is 0 Å². The van der Waals surface area contributed by atoms with Crippen molar-refractivity contribution in [1.82, 2.24) is 4.72 Å². The van der Waals surface area contributed by atoms with Gasteiger partial charge in [-0.2, -0.15) is 0 Å². The van der Waals surface area contributed by atoms with Crippen LogP contribution in [-0.2, 0) is 10.0 Å². The Bertz CT molecular complexity index is 224. The number of rotatable bonds is 6. The van der Waals surface area contributed by atoms with Gasteiger partial charge in [-0.15, -0.1) is 0 Å². The number of hydrogen-bond donors (Lipinski definition) is 2. The maximum Gasteiger partial charge on any atom is 0.211 e. The summed E-state index contributed by atoms with van der Waals surface area (Å²) in [4.78, 5) is 0. The highest BCUT2D eigenvalue weighted by Gasteiger charge is 2.12. The van der Waals surface area contributed by atoms with Gasteiger partial charge in [0.1, 0.15) is 0 Å². The molecule has 0 aromatic heterocycles. The molecule has 3 N–H and O–H groups in total. The van der Waals surface area contributed by atoms with E-state index in [9.17, 15) is 8.42 Å². The van der Waals surface area contributed by atoms with E-state index < -0.39 is 10.0 Å². The molecular formula is C8H20N2O2S. The molecule has 0 aliphatic carbocycles. The summed E-state index contributed by atoms with van der Waals surface area (Å²) in [6.07, 6.45) is 0. The average Bonchev–Trinajstić information content (AvgIpc) is 1.98. The van der Waals surface area contributed by atoms with Crippen molar-refractivity contribution in [2.24, 2.45) is 17.6 Å². The Balaban J connectivity index is 3.90. The number of sulfonamides is 1. The van der Waals surface area contributed by atoms with Gasteiger partial charge in [0.25, 0.3) is 0 Å². The first-order valence-electron chi connectivity index (χ1n) is 4.54. The fraction of sp³-hybridized carbons (Fsp3) is 1.00. The predicted molar refractivity (Wildman–Crippen MR) is 54.8 cm³/mol. The summed E-state index contributed by atoms with van der Waals surface area (Å²) in [6, 6.07) is 0. The van der Waals surface area contributed by atoms with Crippen molar-refractivity contribution in [3.05, 3.63) is 0 Å². The maximum absolute atomic E-state index is 11.3. The Hall–Kier alpha value is -0.130. The van der Waals surface area contributed by atoms with Gasteiger partial charge in [-0.05, 0) is 18.4 Å².